The van der Waals surface area contributed by atoms with Crippen LogP contribution in [-0.4, -0.2) is 18.0 Å². The van der Waals surface area contributed by atoms with Gasteiger partial charge in [0.25, 0.3) is 0 Å². The second kappa shape index (κ2) is 4.30. The highest BCUT2D eigenvalue weighted by Crippen LogP contribution is 2.18. The van der Waals surface area contributed by atoms with Crippen LogP contribution >= 0.6 is 11.6 Å². The Hall–Kier alpha value is -1.28. The summed E-state index contributed by atoms with van der Waals surface area (Å²) in [4.78, 5) is 4.43. The molecule has 1 aromatic carbocycles. The normalized spacial score (nSPS) is 18.6. The highest BCUT2D eigenvalue weighted by atomic mass is 35.5. The van der Waals surface area contributed by atoms with Crippen LogP contribution in [0.15, 0.2) is 35.3 Å². The fraction of sp³-hybridized carbons (Fsp3) is 0.308. The Balaban J connectivity index is 2.08. The summed E-state index contributed by atoms with van der Waals surface area (Å²) in [6.45, 7) is 4.75. The smallest absolute Gasteiger partial charge is 0.209 e. The molecule has 2 rings (SSSR count). The van der Waals surface area contributed by atoms with Crippen molar-refractivity contribution in [2.75, 3.05) is 6.61 Å². The van der Waals surface area contributed by atoms with E-state index in [2.05, 4.69) is 18.8 Å². The molecule has 0 saturated carbocycles. The van der Waals surface area contributed by atoms with Crippen molar-refractivity contribution in [1.29, 1.82) is 0 Å². The molecule has 0 atom stereocenters. The number of rotatable bonds is 2. The third-order valence-corrected chi connectivity index (χ3v) is 2.53. The minimum Gasteiger partial charge on any atom is -0.475 e. The van der Waals surface area contributed by atoms with Gasteiger partial charge >= 0.3 is 0 Å². The van der Waals surface area contributed by atoms with Crippen molar-refractivity contribution in [3.63, 3.8) is 0 Å². The van der Waals surface area contributed by atoms with Gasteiger partial charge in [-0.15, -0.1) is 0 Å². The van der Waals surface area contributed by atoms with Crippen molar-refractivity contribution in [2.45, 2.75) is 19.4 Å². The van der Waals surface area contributed by atoms with Crippen LogP contribution in [0.25, 0.3) is 6.08 Å². The molecule has 3 heteroatoms. The number of ether oxygens (including phenoxy) is 1. The van der Waals surface area contributed by atoms with Crippen molar-refractivity contribution in [1.82, 2.24) is 0 Å². The maximum atomic E-state index is 5.80. The minimum absolute atomic E-state index is 0.0976. The number of benzene rings is 1. The lowest BCUT2D eigenvalue weighted by Gasteiger charge is -2.07. The van der Waals surface area contributed by atoms with E-state index >= 15 is 0 Å². The molecule has 84 valence electrons. The van der Waals surface area contributed by atoms with Gasteiger partial charge in [-0.2, -0.15) is 0 Å². The van der Waals surface area contributed by atoms with Crippen LogP contribution in [0.2, 0.25) is 5.02 Å². The summed E-state index contributed by atoms with van der Waals surface area (Å²) >= 11 is 5.80. The zero-order valence-corrected chi connectivity index (χ0v) is 10.2. The molecule has 0 saturated heterocycles. The van der Waals surface area contributed by atoms with E-state index in [1.54, 1.807) is 0 Å². The zero-order chi connectivity index (χ0) is 11.6. The average Bonchev–Trinajstić information content (AvgIpc) is 2.58. The predicted molar refractivity (Wildman–Crippen MR) is 68.0 cm³/mol. The van der Waals surface area contributed by atoms with E-state index < -0.39 is 0 Å². The third-order valence-electron chi connectivity index (χ3n) is 2.27. The summed E-state index contributed by atoms with van der Waals surface area (Å²) in [7, 11) is 0. The molecular formula is C13H14ClNO. The van der Waals surface area contributed by atoms with Crippen LogP contribution < -0.4 is 0 Å². The summed E-state index contributed by atoms with van der Waals surface area (Å²) in [6.07, 6.45) is 3.86. The molecule has 2 nitrogen and oxygen atoms in total. The Bertz CT molecular complexity index is 432. The standard InChI is InChI=1S/C13H14ClNO/c1-13(2)9-16-12(15-13)8-5-10-3-6-11(14)7-4-10/h3-8H,9H2,1-2H3/b8-5+. The number of hydrogen-bond acceptors (Lipinski definition) is 2. The van der Waals surface area contributed by atoms with E-state index in [4.69, 9.17) is 16.3 Å². The van der Waals surface area contributed by atoms with Crippen molar-refractivity contribution >= 4 is 23.6 Å². The van der Waals surface area contributed by atoms with Gasteiger partial charge < -0.3 is 4.74 Å². The quantitative estimate of drug-likeness (QED) is 0.768. The lowest BCUT2D eigenvalue weighted by molar-refractivity contribution is 0.280. The van der Waals surface area contributed by atoms with Crippen LogP contribution in [0.4, 0.5) is 0 Å². The second-order valence-electron chi connectivity index (χ2n) is 4.44. The molecule has 0 aromatic heterocycles. The summed E-state index contributed by atoms with van der Waals surface area (Å²) in [6, 6.07) is 7.64. The van der Waals surface area contributed by atoms with E-state index in [9.17, 15) is 0 Å². The lowest BCUT2D eigenvalue weighted by atomic mass is 10.1. The third kappa shape index (κ3) is 2.86. The summed E-state index contributed by atoms with van der Waals surface area (Å²) in [5.41, 5.74) is 0.986. The molecule has 1 aliphatic heterocycles. The fourth-order valence-electron chi connectivity index (χ4n) is 1.44. The maximum Gasteiger partial charge on any atom is 0.209 e. The summed E-state index contributed by atoms with van der Waals surface area (Å²) in [5.74, 6) is 0.694. The molecule has 1 aliphatic rings. The molecule has 0 aliphatic carbocycles. The molecule has 0 N–H and O–H groups in total. The van der Waals surface area contributed by atoms with Crippen LogP contribution in [0, 0.1) is 0 Å². The van der Waals surface area contributed by atoms with Gasteiger partial charge in [-0.1, -0.05) is 23.7 Å². The van der Waals surface area contributed by atoms with Crippen LogP contribution in [-0.2, 0) is 4.74 Å². The molecular weight excluding hydrogens is 222 g/mol. The van der Waals surface area contributed by atoms with Crippen molar-refractivity contribution < 1.29 is 4.74 Å². The van der Waals surface area contributed by atoms with Gasteiger partial charge in [0.1, 0.15) is 6.61 Å². The molecule has 1 aromatic rings. The molecule has 0 spiro atoms. The average molecular weight is 236 g/mol. The minimum atomic E-state index is -0.0976. The van der Waals surface area contributed by atoms with Gasteiger partial charge in [0.05, 0.1) is 5.54 Å². The number of halogens is 1. The van der Waals surface area contributed by atoms with Gasteiger partial charge in [-0.3, -0.25) is 0 Å². The Morgan fingerprint density at radius 2 is 1.94 bits per heavy atom. The van der Waals surface area contributed by atoms with E-state index in [0.29, 0.717) is 12.5 Å². The Morgan fingerprint density at radius 1 is 1.25 bits per heavy atom. The Morgan fingerprint density at radius 3 is 2.50 bits per heavy atom. The van der Waals surface area contributed by atoms with Crippen molar-refractivity contribution in [2.24, 2.45) is 4.99 Å². The number of aliphatic imine (C=N–C) groups is 1. The van der Waals surface area contributed by atoms with Crippen LogP contribution in [0.1, 0.15) is 19.4 Å². The van der Waals surface area contributed by atoms with Crippen molar-refractivity contribution in [3.05, 3.63) is 40.9 Å². The maximum absolute atomic E-state index is 5.80. The highest BCUT2D eigenvalue weighted by Gasteiger charge is 2.24. The predicted octanol–water partition coefficient (Wildman–Crippen LogP) is 3.56. The first-order valence-corrected chi connectivity index (χ1v) is 5.59. The van der Waals surface area contributed by atoms with Gasteiger partial charge in [-0.05, 0) is 37.6 Å². The van der Waals surface area contributed by atoms with Crippen LogP contribution in [0.3, 0.4) is 0 Å². The fourth-order valence-corrected chi connectivity index (χ4v) is 1.57. The Kier molecular flexibility index (Phi) is 3.01. The molecule has 0 fully saturated rings. The van der Waals surface area contributed by atoms with Gasteiger partial charge in [-0.25, -0.2) is 4.99 Å². The van der Waals surface area contributed by atoms with E-state index in [1.165, 1.54) is 0 Å². The topological polar surface area (TPSA) is 21.6 Å². The first-order chi connectivity index (χ1) is 7.55. The Labute approximate surface area is 101 Å². The highest BCUT2D eigenvalue weighted by molar-refractivity contribution is 6.30. The molecule has 16 heavy (non-hydrogen) atoms. The SMILES string of the molecule is CC1(C)COC(/C=C/c2ccc(Cl)cc2)=N1. The number of nitrogens with zero attached hydrogens (tertiary/aromatic N) is 1. The summed E-state index contributed by atoms with van der Waals surface area (Å²) < 4.78 is 5.45. The first-order valence-electron chi connectivity index (χ1n) is 5.21. The van der Waals surface area contributed by atoms with Crippen molar-refractivity contribution in [3.8, 4) is 0 Å². The molecule has 0 amide bonds. The first kappa shape index (κ1) is 11.2. The van der Waals surface area contributed by atoms with Gasteiger partial charge in [0.2, 0.25) is 5.90 Å². The zero-order valence-electron chi connectivity index (χ0n) is 9.40. The second-order valence-corrected chi connectivity index (χ2v) is 4.87. The molecule has 1 heterocycles. The number of hydrogen-bond donors (Lipinski definition) is 0. The van der Waals surface area contributed by atoms with E-state index in [0.717, 1.165) is 10.6 Å². The monoisotopic (exact) mass is 235 g/mol. The van der Waals surface area contributed by atoms with Gasteiger partial charge in [0.15, 0.2) is 0 Å². The molecule has 0 unspecified atom stereocenters. The molecule has 0 bridgehead atoms. The molecule has 0 radical (unpaired) electrons. The lowest BCUT2D eigenvalue weighted by Crippen LogP contribution is -2.17. The summed E-state index contributed by atoms with van der Waals surface area (Å²) in [5, 5.41) is 0.743. The van der Waals surface area contributed by atoms with Crippen LogP contribution in [0.5, 0.6) is 0 Å². The largest absolute Gasteiger partial charge is 0.475 e. The van der Waals surface area contributed by atoms with Gasteiger partial charge in [0, 0.05) is 11.1 Å². The van der Waals surface area contributed by atoms with E-state index in [-0.39, 0.29) is 5.54 Å². The van der Waals surface area contributed by atoms with E-state index in [1.807, 2.05) is 36.4 Å².